The van der Waals surface area contributed by atoms with E-state index >= 15 is 0 Å². The third-order valence-corrected chi connectivity index (χ3v) is 7.43. The Bertz CT molecular complexity index is 731. The van der Waals surface area contributed by atoms with Crippen LogP contribution >= 0.6 is 0 Å². The lowest BCUT2D eigenvalue weighted by Crippen LogP contribution is -2.47. The second kappa shape index (κ2) is 7.98. The lowest BCUT2D eigenvalue weighted by molar-refractivity contribution is -0.133. The molecule has 1 aliphatic carbocycles. The Kier molecular flexibility index (Phi) is 5.56. The van der Waals surface area contributed by atoms with Crippen molar-refractivity contribution in [2.24, 2.45) is 11.3 Å². The van der Waals surface area contributed by atoms with E-state index < -0.39 is 6.16 Å². The maximum Gasteiger partial charge on any atom is 0.508 e. The summed E-state index contributed by atoms with van der Waals surface area (Å²) in [5.41, 5.74) is 1.74. The Morgan fingerprint density at radius 1 is 1.07 bits per heavy atom. The molecule has 158 valence electrons. The lowest BCUT2D eigenvalue weighted by Gasteiger charge is -2.49. The summed E-state index contributed by atoms with van der Waals surface area (Å²) in [5, 5.41) is 0. The van der Waals surface area contributed by atoms with Crippen molar-refractivity contribution in [3.05, 3.63) is 35.9 Å². The molecule has 1 aromatic carbocycles. The molecule has 0 atom stereocenters. The molecule has 29 heavy (non-hydrogen) atoms. The monoisotopic (exact) mass is 400 g/mol. The van der Waals surface area contributed by atoms with Crippen LogP contribution in [0.4, 0.5) is 4.79 Å². The zero-order chi connectivity index (χ0) is 20.5. The van der Waals surface area contributed by atoms with E-state index in [1.807, 2.05) is 4.90 Å². The van der Waals surface area contributed by atoms with Gasteiger partial charge in [-0.1, -0.05) is 30.3 Å². The van der Waals surface area contributed by atoms with Crippen LogP contribution in [-0.4, -0.2) is 62.3 Å². The summed E-state index contributed by atoms with van der Waals surface area (Å²) < 4.78 is 9.83. The van der Waals surface area contributed by atoms with Crippen LogP contribution in [0, 0.1) is 11.3 Å². The van der Waals surface area contributed by atoms with Gasteiger partial charge in [-0.3, -0.25) is 9.69 Å². The van der Waals surface area contributed by atoms with Crippen molar-refractivity contribution in [2.75, 3.05) is 40.4 Å². The number of nitrogens with zero attached hydrogens (tertiary/aromatic N) is 2. The summed E-state index contributed by atoms with van der Waals surface area (Å²) in [6.07, 6.45) is 5.40. The molecule has 0 N–H and O–H groups in total. The zero-order valence-electron chi connectivity index (χ0n) is 17.6. The third kappa shape index (κ3) is 4.00. The van der Waals surface area contributed by atoms with Crippen molar-refractivity contribution in [3.63, 3.8) is 0 Å². The van der Waals surface area contributed by atoms with Gasteiger partial charge in [-0.05, 0) is 57.2 Å². The molecule has 0 bridgehead atoms. The van der Waals surface area contributed by atoms with Gasteiger partial charge < -0.3 is 14.4 Å². The van der Waals surface area contributed by atoms with Gasteiger partial charge in [0.05, 0.1) is 0 Å². The van der Waals surface area contributed by atoms with Gasteiger partial charge >= 0.3 is 6.16 Å². The van der Waals surface area contributed by atoms with Gasteiger partial charge in [0.15, 0.2) is 0 Å². The van der Waals surface area contributed by atoms with Crippen LogP contribution < -0.4 is 0 Å². The Morgan fingerprint density at radius 2 is 1.72 bits per heavy atom. The van der Waals surface area contributed by atoms with Crippen LogP contribution in [-0.2, 0) is 19.8 Å². The Hall–Kier alpha value is -2.08. The number of carbonyl (C=O) groups is 2. The minimum Gasteiger partial charge on any atom is -0.434 e. The van der Waals surface area contributed by atoms with Crippen LogP contribution in [0.2, 0.25) is 0 Å². The van der Waals surface area contributed by atoms with Crippen molar-refractivity contribution in [1.29, 1.82) is 0 Å². The number of ether oxygens (including phenoxy) is 2. The van der Waals surface area contributed by atoms with Crippen molar-refractivity contribution in [1.82, 2.24) is 9.80 Å². The SMILES string of the molecule is CN(C)C1(c2ccccc2)CCC2(CCN(C(=O)CC3COC(=O)OC3)C2)CC1. The van der Waals surface area contributed by atoms with Crippen molar-refractivity contribution in [2.45, 2.75) is 44.1 Å². The third-order valence-electron chi connectivity index (χ3n) is 7.43. The second-order valence-electron chi connectivity index (χ2n) is 9.30. The summed E-state index contributed by atoms with van der Waals surface area (Å²) >= 11 is 0. The van der Waals surface area contributed by atoms with E-state index in [0.717, 1.165) is 45.2 Å². The van der Waals surface area contributed by atoms with E-state index in [1.165, 1.54) is 5.56 Å². The van der Waals surface area contributed by atoms with Crippen molar-refractivity contribution < 1.29 is 19.1 Å². The molecule has 4 rings (SSSR count). The van der Waals surface area contributed by atoms with Crippen LogP contribution in [0.3, 0.4) is 0 Å². The number of likely N-dealkylation sites (tertiary alicyclic amines) is 1. The summed E-state index contributed by atoms with van der Waals surface area (Å²) in [6.45, 7) is 2.27. The highest BCUT2D eigenvalue weighted by Gasteiger charge is 2.48. The minimum absolute atomic E-state index is 0.0254. The number of benzene rings is 1. The summed E-state index contributed by atoms with van der Waals surface area (Å²) in [6, 6.07) is 10.8. The molecule has 2 heterocycles. The fourth-order valence-electron chi connectivity index (χ4n) is 5.45. The van der Waals surface area contributed by atoms with Gasteiger partial charge in [0.2, 0.25) is 5.91 Å². The van der Waals surface area contributed by atoms with Crippen LogP contribution in [0.1, 0.15) is 44.1 Å². The highest BCUT2D eigenvalue weighted by atomic mass is 16.7. The molecule has 2 saturated heterocycles. The molecule has 0 aromatic heterocycles. The van der Waals surface area contributed by atoms with Gasteiger partial charge in [0.25, 0.3) is 0 Å². The average molecular weight is 401 g/mol. The zero-order valence-corrected chi connectivity index (χ0v) is 17.6. The molecule has 2 aliphatic heterocycles. The number of cyclic esters (lactones) is 2. The predicted octanol–water partition coefficient (Wildman–Crippen LogP) is 3.41. The van der Waals surface area contributed by atoms with E-state index in [9.17, 15) is 9.59 Å². The van der Waals surface area contributed by atoms with Gasteiger partial charge in [-0.2, -0.15) is 0 Å². The summed E-state index contributed by atoms with van der Waals surface area (Å²) in [7, 11) is 4.38. The van der Waals surface area contributed by atoms with E-state index in [0.29, 0.717) is 6.42 Å². The molecule has 3 aliphatic rings. The molecule has 0 radical (unpaired) electrons. The van der Waals surface area contributed by atoms with Crippen LogP contribution in [0.15, 0.2) is 30.3 Å². The smallest absolute Gasteiger partial charge is 0.434 e. The van der Waals surface area contributed by atoms with E-state index in [-0.39, 0.29) is 36.0 Å². The molecule has 6 heteroatoms. The van der Waals surface area contributed by atoms with Crippen LogP contribution in [0.5, 0.6) is 0 Å². The molecular weight excluding hydrogens is 368 g/mol. The molecule has 1 spiro atoms. The van der Waals surface area contributed by atoms with E-state index in [1.54, 1.807) is 0 Å². The molecule has 3 fully saturated rings. The number of carbonyl (C=O) groups excluding carboxylic acids is 2. The maximum atomic E-state index is 12.8. The number of rotatable bonds is 4. The van der Waals surface area contributed by atoms with E-state index in [4.69, 9.17) is 9.47 Å². The first-order valence-corrected chi connectivity index (χ1v) is 10.7. The first-order chi connectivity index (χ1) is 13.9. The first-order valence-electron chi connectivity index (χ1n) is 10.7. The topological polar surface area (TPSA) is 59.1 Å². The lowest BCUT2D eigenvalue weighted by atomic mass is 9.64. The molecule has 1 amide bonds. The molecular formula is C23H32N2O4. The van der Waals surface area contributed by atoms with Gasteiger partial charge in [0.1, 0.15) is 13.2 Å². The summed E-state index contributed by atoms with van der Waals surface area (Å²) in [5.74, 6) is 0.142. The average Bonchev–Trinajstić information content (AvgIpc) is 3.15. The predicted molar refractivity (Wildman–Crippen MR) is 109 cm³/mol. The fourth-order valence-corrected chi connectivity index (χ4v) is 5.45. The summed E-state index contributed by atoms with van der Waals surface area (Å²) in [4.78, 5) is 28.2. The van der Waals surface area contributed by atoms with Crippen LogP contribution in [0.25, 0.3) is 0 Å². The standard InChI is InChI=1S/C23H32N2O4/c1-24(2)23(19-6-4-3-5-7-19)10-8-22(9-11-23)12-13-25(17-22)20(26)14-18-15-28-21(27)29-16-18/h3-7,18H,8-17H2,1-2H3. The molecule has 1 aromatic rings. The number of amides is 1. The van der Waals surface area contributed by atoms with Gasteiger partial charge in [0, 0.05) is 31.0 Å². The Balaban J connectivity index is 1.37. The number of hydrogen-bond donors (Lipinski definition) is 0. The highest BCUT2D eigenvalue weighted by molar-refractivity contribution is 5.77. The molecule has 0 unspecified atom stereocenters. The largest absolute Gasteiger partial charge is 0.508 e. The normalized spacial score (nSPS) is 30.4. The van der Waals surface area contributed by atoms with Crippen molar-refractivity contribution in [3.8, 4) is 0 Å². The van der Waals surface area contributed by atoms with E-state index in [2.05, 4.69) is 49.3 Å². The number of hydrogen-bond acceptors (Lipinski definition) is 5. The second-order valence-corrected chi connectivity index (χ2v) is 9.30. The Morgan fingerprint density at radius 3 is 2.34 bits per heavy atom. The van der Waals surface area contributed by atoms with Gasteiger partial charge in [-0.15, -0.1) is 0 Å². The molecule has 1 saturated carbocycles. The maximum absolute atomic E-state index is 12.8. The minimum atomic E-state index is -0.626. The van der Waals surface area contributed by atoms with Gasteiger partial charge in [-0.25, -0.2) is 4.79 Å². The Labute approximate surface area is 173 Å². The fraction of sp³-hybridized carbons (Fsp3) is 0.652. The molecule has 6 nitrogen and oxygen atoms in total. The quantitative estimate of drug-likeness (QED) is 0.725. The first kappa shape index (κ1) is 20.2. The van der Waals surface area contributed by atoms with Crippen molar-refractivity contribution >= 4 is 12.1 Å². The highest BCUT2D eigenvalue weighted by Crippen LogP contribution is 2.51.